The molecule has 4 aromatic rings. The SMILES string of the molecule is CCOC(=O)Cn1cc(-c2ccc(C(F)(F)F)cc2Cc2c(C)cnn2C)c2cc(F)ccc21. The van der Waals surface area contributed by atoms with Crippen LogP contribution in [-0.4, -0.2) is 26.9 Å². The van der Waals surface area contributed by atoms with E-state index in [1.54, 1.807) is 41.7 Å². The lowest BCUT2D eigenvalue weighted by molar-refractivity contribution is -0.143. The first kappa shape index (κ1) is 23.5. The Hall–Kier alpha value is -3.62. The smallest absolute Gasteiger partial charge is 0.416 e. The summed E-state index contributed by atoms with van der Waals surface area (Å²) in [5, 5.41) is 4.68. The molecule has 0 amide bonds. The van der Waals surface area contributed by atoms with E-state index in [1.807, 2.05) is 6.92 Å². The van der Waals surface area contributed by atoms with Gasteiger partial charge < -0.3 is 9.30 Å². The third-order valence-corrected chi connectivity index (χ3v) is 5.80. The van der Waals surface area contributed by atoms with Gasteiger partial charge in [-0.1, -0.05) is 6.07 Å². The Labute approximate surface area is 193 Å². The molecule has 2 aromatic carbocycles. The van der Waals surface area contributed by atoms with Crippen LogP contribution in [0.4, 0.5) is 17.6 Å². The average molecular weight is 473 g/mol. The number of carbonyl (C=O) groups is 1. The maximum Gasteiger partial charge on any atom is 0.416 e. The molecule has 0 saturated carbocycles. The summed E-state index contributed by atoms with van der Waals surface area (Å²) in [5.74, 6) is -0.952. The van der Waals surface area contributed by atoms with E-state index in [1.165, 1.54) is 18.2 Å². The zero-order valence-corrected chi connectivity index (χ0v) is 18.9. The number of ether oxygens (including phenoxy) is 1. The van der Waals surface area contributed by atoms with Crippen LogP contribution in [0.3, 0.4) is 0 Å². The van der Waals surface area contributed by atoms with Crippen LogP contribution in [0.1, 0.15) is 29.3 Å². The van der Waals surface area contributed by atoms with Crippen LogP contribution in [0.25, 0.3) is 22.0 Å². The van der Waals surface area contributed by atoms with Crippen LogP contribution in [0.15, 0.2) is 48.8 Å². The van der Waals surface area contributed by atoms with Gasteiger partial charge in [0, 0.05) is 41.8 Å². The highest BCUT2D eigenvalue weighted by molar-refractivity contribution is 5.97. The molecule has 178 valence electrons. The number of aryl methyl sites for hydroxylation is 2. The monoisotopic (exact) mass is 473 g/mol. The van der Waals surface area contributed by atoms with Gasteiger partial charge in [0.2, 0.25) is 0 Å². The van der Waals surface area contributed by atoms with Gasteiger partial charge in [-0.05, 0) is 60.9 Å². The van der Waals surface area contributed by atoms with Crippen molar-refractivity contribution in [2.75, 3.05) is 6.61 Å². The van der Waals surface area contributed by atoms with Gasteiger partial charge in [-0.3, -0.25) is 9.48 Å². The third-order valence-electron chi connectivity index (χ3n) is 5.80. The number of hydrogen-bond donors (Lipinski definition) is 0. The van der Waals surface area contributed by atoms with Crippen LogP contribution in [0.2, 0.25) is 0 Å². The van der Waals surface area contributed by atoms with Crippen LogP contribution < -0.4 is 0 Å². The number of carbonyl (C=O) groups excluding carboxylic acids is 1. The van der Waals surface area contributed by atoms with Crippen molar-refractivity contribution >= 4 is 16.9 Å². The van der Waals surface area contributed by atoms with E-state index < -0.39 is 23.5 Å². The molecule has 0 fully saturated rings. The number of alkyl halides is 3. The van der Waals surface area contributed by atoms with E-state index in [0.29, 0.717) is 27.6 Å². The Morgan fingerprint density at radius 3 is 2.53 bits per heavy atom. The molecule has 0 aliphatic carbocycles. The number of rotatable bonds is 6. The zero-order chi connectivity index (χ0) is 24.6. The Morgan fingerprint density at radius 2 is 1.88 bits per heavy atom. The highest BCUT2D eigenvalue weighted by Crippen LogP contribution is 2.38. The fraction of sp³-hybridized carbons (Fsp3) is 0.280. The molecule has 0 aliphatic heterocycles. The molecule has 0 bridgehead atoms. The van der Waals surface area contributed by atoms with Crippen molar-refractivity contribution in [2.24, 2.45) is 7.05 Å². The summed E-state index contributed by atoms with van der Waals surface area (Å²) in [7, 11) is 1.73. The molecule has 4 rings (SSSR count). The standard InChI is InChI=1S/C25H23F4N3O2/c1-4-34-24(33)14-32-13-21(20-11-18(26)6-8-22(20)32)19-7-5-17(25(27,28)29)9-16(19)10-23-15(2)12-30-31(23)3/h5-9,11-13H,4,10,14H2,1-3H3. The fourth-order valence-electron chi connectivity index (χ4n) is 4.15. The lowest BCUT2D eigenvalue weighted by Gasteiger charge is -2.14. The lowest BCUT2D eigenvalue weighted by atomic mass is 9.93. The molecule has 0 saturated heterocycles. The van der Waals surface area contributed by atoms with Gasteiger partial charge in [0.1, 0.15) is 12.4 Å². The molecule has 0 N–H and O–H groups in total. The van der Waals surface area contributed by atoms with E-state index in [4.69, 9.17) is 4.74 Å². The molecular weight excluding hydrogens is 450 g/mol. The van der Waals surface area contributed by atoms with Crippen molar-refractivity contribution in [1.82, 2.24) is 14.3 Å². The molecule has 0 atom stereocenters. The summed E-state index contributed by atoms with van der Waals surface area (Å²) in [4.78, 5) is 12.1. The third kappa shape index (κ3) is 4.55. The van der Waals surface area contributed by atoms with E-state index in [-0.39, 0.29) is 19.6 Å². The normalized spacial score (nSPS) is 11.9. The van der Waals surface area contributed by atoms with Crippen molar-refractivity contribution in [1.29, 1.82) is 0 Å². The van der Waals surface area contributed by atoms with E-state index in [0.717, 1.165) is 23.4 Å². The minimum absolute atomic E-state index is 0.104. The van der Waals surface area contributed by atoms with Crippen molar-refractivity contribution in [2.45, 2.75) is 33.0 Å². The van der Waals surface area contributed by atoms with Gasteiger partial charge in [-0.25, -0.2) is 4.39 Å². The van der Waals surface area contributed by atoms with Gasteiger partial charge in [0.25, 0.3) is 0 Å². The summed E-state index contributed by atoms with van der Waals surface area (Å²) in [5.41, 5.74) is 2.89. The summed E-state index contributed by atoms with van der Waals surface area (Å²) in [6.07, 6.45) is -1.01. The van der Waals surface area contributed by atoms with Gasteiger partial charge in [0.05, 0.1) is 18.4 Å². The van der Waals surface area contributed by atoms with E-state index in [9.17, 15) is 22.4 Å². The topological polar surface area (TPSA) is 49.1 Å². The first-order valence-corrected chi connectivity index (χ1v) is 10.7. The summed E-state index contributed by atoms with van der Waals surface area (Å²) < 4.78 is 63.1. The predicted molar refractivity (Wildman–Crippen MR) is 120 cm³/mol. The summed E-state index contributed by atoms with van der Waals surface area (Å²) >= 11 is 0. The Kier molecular flexibility index (Phi) is 6.20. The number of hydrogen-bond acceptors (Lipinski definition) is 3. The second kappa shape index (κ2) is 8.96. The molecule has 2 heterocycles. The Bertz CT molecular complexity index is 1350. The van der Waals surface area contributed by atoms with Crippen LogP contribution in [0, 0.1) is 12.7 Å². The van der Waals surface area contributed by atoms with Crippen LogP contribution in [-0.2, 0) is 35.7 Å². The fourth-order valence-corrected chi connectivity index (χ4v) is 4.15. The van der Waals surface area contributed by atoms with Crippen molar-refractivity contribution in [3.05, 3.63) is 77.0 Å². The molecule has 0 unspecified atom stereocenters. The Morgan fingerprint density at radius 1 is 1.12 bits per heavy atom. The zero-order valence-electron chi connectivity index (χ0n) is 18.9. The maximum absolute atomic E-state index is 14.2. The number of fused-ring (bicyclic) bond motifs is 1. The lowest BCUT2D eigenvalue weighted by Crippen LogP contribution is -2.12. The highest BCUT2D eigenvalue weighted by Gasteiger charge is 2.31. The maximum atomic E-state index is 14.2. The Balaban J connectivity index is 1.92. The number of benzene rings is 2. The predicted octanol–water partition coefficient (Wildman–Crippen LogP) is 5.66. The number of esters is 1. The van der Waals surface area contributed by atoms with Crippen molar-refractivity contribution in [3.8, 4) is 11.1 Å². The van der Waals surface area contributed by atoms with Crippen LogP contribution in [0.5, 0.6) is 0 Å². The molecule has 0 aliphatic rings. The molecule has 34 heavy (non-hydrogen) atoms. The quantitative estimate of drug-likeness (QED) is 0.268. The van der Waals surface area contributed by atoms with Gasteiger partial charge in [0.15, 0.2) is 0 Å². The minimum atomic E-state index is -4.52. The second-order valence-corrected chi connectivity index (χ2v) is 8.08. The number of halogens is 4. The van der Waals surface area contributed by atoms with Crippen molar-refractivity contribution < 1.29 is 27.1 Å². The summed E-state index contributed by atoms with van der Waals surface area (Å²) in [6, 6.07) is 7.68. The molecule has 0 spiro atoms. The van der Waals surface area contributed by atoms with E-state index >= 15 is 0 Å². The molecule has 9 heteroatoms. The molecule has 5 nitrogen and oxygen atoms in total. The van der Waals surface area contributed by atoms with Crippen molar-refractivity contribution in [3.63, 3.8) is 0 Å². The minimum Gasteiger partial charge on any atom is -0.465 e. The average Bonchev–Trinajstić information content (AvgIpc) is 3.27. The van der Waals surface area contributed by atoms with Crippen LogP contribution >= 0.6 is 0 Å². The number of nitrogens with zero attached hydrogens (tertiary/aromatic N) is 3. The molecule has 0 radical (unpaired) electrons. The molecular formula is C25H23F4N3O2. The van der Waals surface area contributed by atoms with Gasteiger partial charge >= 0.3 is 12.1 Å². The second-order valence-electron chi connectivity index (χ2n) is 8.08. The number of aromatic nitrogens is 3. The highest BCUT2D eigenvalue weighted by atomic mass is 19.4. The first-order chi connectivity index (χ1) is 16.1. The van der Waals surface area contributed by atoms with Gasteiger partial charge in [-0.2, -0.15) is 18.3 Å². The van der Waals surface area contributed by atoms with E-state index in [2.05, 4.69) is 5.10 Å². The van der Waals surface area contributed by atoms with Gasteiger partial charge in [-0.15, -0.1) is 0 Å². The molecule has 2 aromatic heterocycles. The first-order valence-electron chi connectivity index (χ1n) is 10.7. The summed E-state index contributed by atoms with van der Waals surface area (Å²) in [6.45, 7) is 3.65. The largest absolute Gasteiger partial charge is 0.465 e.